The van der Waals surface area contributed by atoms with Crippen molar-refractivity contribution in [1.29, 1.82) is 0 Å². The molecule has 1 aromatic carbocycles. The third-order valence-corrected chi connectivity index (χ3v) is 4.10. The van der Waals surface area contributed by atoms with Crippen LogP contribution in [0, 0.1) is 25.5 Å². The number of carbonyl (C=O) groups excluding carboxylic acids is 2. The van der Waals surface area contributed by atoms with Crippen molar-refractivity contribution < 1.29 is 23.1 Å². The van der Waals surface area contributed by atoms with E-state index in [9.17, 15) is 18.4 Å². The van der Waals surface area contributed by atoms with Crippen molar-refractivity contribution in [2.24, 2.45) is 0 Å². The van der Waals surface area contributed by atoms with Gasteiger partial charge in [0.2, 0.25) is 0 Å². The second-order valence-corrected chi connectivity index (χ2v) is 6.49. The number of aryl methyl sites for hydroxylation is 2. The minimum Gasteiger partial charge on any atom is -0.451 e. The molecule has 0 aliphatic rings. The summed E-state index contributed by atoms with van der Waals surface area (Å²) < 4.78 is 32.9. The number of nitrogens with one attached hydrogen (secondary N) is 1. The summed E-state index contributed by atoms with van der Waals surface area (Å²) in [6.07, 6.45) is 0. The van der Waals surface area contributed by atoms with Gasteiger partial charge in [0.15, 0.2) is 18.1 Å². The average Bonchev–Trinajstić information content (AvgIpc) is 3.00. The van der Waals surface area contributed by atoms with Crippen molar-refractivity contribution in [2.45, 2.75) is 13.8 Å². The zero-order valence-corrected chi connectivity index (χ0v) is 16.1. The van der Waals surface area contributed by atoms with Crippen LogP contribution in [0.1, 0.15) is 21.9 Å². The Hall–Kier alpha value is -3.33. The van der Waals surface area contributed by atoms with Gasteiger partial charge in [-0.1, -0.05) is 11.6 Å². The maximum atomic E-state index is 13.6. The second kappa shape index (κ2) is 8.36. The van der Waals surface area contributed by atoms with Crippen LogP contribution >= 0.6 is 11.6 Å². The minimum atomic E-state index is -0.952. The Kier molecular flexibility index (Phi) is 5.88. The van der Waals surface area contributed by atoms with E-state index < -0.39 is 30.1 Å². The Morgan fingerprint density at radius 2 is 1.93 bits per heavy atom. The molecule has 7 nitrogen and oxygen atoms in total. The standard InChI is InChI=1S/C19H15ClF2N4O3/c1-10-7-11(2)26(25-10)16-6-4-13(20)18(24-16)19(28)29-9-17(27)23-15-5-3-12(21)8-14(15)22/h3-8H,9H2,1-2H3,(H,23,27). The lowest BCUT2D eigenvalue weighted by molar-refractivity contribution is -0.119. The fraction of sp³-hybridized carbons (Fsp3) is 0.158. The number of halogens is 3. The van der Waals surface area contributed by atoms with Gasteiger partial charge in [-0.05, 0) is 44.2 Å². The number of nitrogens with zero attached hydrogens (tertiary/aromatic N) is 3. The topological polar surface area (TPSA) is 86.1 Å². The van der Waals surface area contributed by atoms with E-state index in [4.69, 9.17) is 16.3 Å². The lowest BCUT2D eigenvalue weighted by atomic mass is 10.3. The summed E-state index contributed by atoms with van der Waals surface area (Å²) in [7, 11) is 0. The number of rotatable bonds is 5. The molecule has 3 aromatic rings. The highest BCUT2D eigenvalue weighted by Crippen LogP contribution is 2.19. The van der Waals surface area contributed by atoms with Gasteiger partial charge in [0, 0.05) is 11.8 Å². The van der Waals surface area contributed by atoms with E-state index in [0.29, 0.717) is 11.9 Å². The maximum Gasteiger partial charge on any atom is 0.359 e. The third-order valence-electron chi connectivity index (χ3n) is 3.79. The number of carbonyl (C=O) groups is 2. The fourth-order valence-corrected chi connectivity index (χ4v) is 2.71. The Balaban J connectivity index is 1.69. The SMILES string of the molecule is Cc1cc(C)n(-c2ccc(Cl)c(C(=O)OCC(=O)Nc3ccc(F)cc3F)n2)n1. The zero-order valence-electron chi connectivity index (χ0n) is 15.4. The number of benzene rings is 1. The minimum absolute atomic E-state index is 0.0327. The predicted octanol–water partition coefficient (Wildman–Crippen LogP) is 3.61. The molecule has 150 valence electrons. The zero-order chi connectivity index (χ0) is 21.1. The molecule has 0 aliphatic carbocycles. The van der Waals surface area contributed by atoms with Crippen molar-refractivity contribution in [3.05, 3.63) is 70.1 Å². The molecule has 3 rings (SSSR count). The number of aromatic nitrogens is 3. The highest BCUT2D eigenvalue weighted by Gasteiger charge is 2.18. The van der Waals surface area contributed by atoms with Crippen LogP contribution in [-0.2, 0) is 9.53 Å². The molecule has 1 N–H and O–H groups in total. The van der Waals surface area contributed by atoms with Crippen LogP contribution in [-0.4, -0.2) is 33.2 Å². The lowest BCUT2D eigenvalue weighted by Gasteiger charge is -2.09. The molecule has 0 unspecified atom stereocenters. The molecule has 0 radical (unpaired) electrons. The molecular formula is C19H15ClF2N4O3. The first-order valence-electron chi connectivity index (χ1n) is 8.37. The third kappa shape index (κ3) is 4.75. The van der Waals surface area contributed by atoms with Crippen LogP contribution in [0.25, 0.3) is 5.82 Å². The van der Waals surface area contributed by atoms with Crippen molar-refractivity contribution >= 4 is 29.2 Å². The van der Waals surface area contributed by atoms with Crippen LogP contribution in [0.4, 0.5) is 14.5 Å². The Bertz CT molecular complexity index is 1100. The summed E-state index contributed by atoms with van der Waals surface area (Å²) in [5, 5.41) is 6.49. The van der Waals surface area contributed by atoms with E-state index >= 15 is 0 Å². The molecular weight excluding hydrogens is 406 g/mol. The second-order valence-electron chi connectivity index (χ2n) is 6.09. The molecule has 0 saturated heterocycles. The van der Waals surface area contributed by atoms with Gasteiger partial charge in [0.1, 0.15) is 11.6 Å². The predicted molar refractivity (Wildman–Crippen MR) is 101 cm³/mol. The smallest absolute Gasteiger partial charge is 0.359 e. The number of ether oxygens (including phenoxy) is 1. The molecule has 0 bridgehead atoms. The van der Waals surface area contributed by atoms with Gasteiger partial charge in [-0.2, -0.15) is 5.10 Å². The van der Waals surface area contributed by atoms with Crippen LogP contribution in [0.2, 0.25) is 5.02 Å². The van der Waals surface area contributed by atoms with Gasteiger partial charge >= 0.3 is 5.97 Å². The summed E-state index contributed by atoms with van der Waals surface area (Å²) in [5.41, 5.74) is 1.14. The quantitative estimate of drug-likeness (QED) is 0.637. The summed E-state index contributed by atoms with van der Waals surface area (Å²) in [6, 6.07) is 7.55. The van der Waals surface area contributed by atoms with Crippen LogP contribution in [0.5, 0.6) is 0 Å². The van der Waals surface area contributed by atoms with Crippen LogP contribution < -0.4 is 5.32 Å². The van der Waals surface area contributed by atoms with Gasteiger partial charge in [-0.3, -0.25) is 4.79 Å². The first-order valence-corrected chi connectivity index (χ1v) is 8.74. The number of amides is 1. The van der Waals surface area contributed by atoms with Gasteiger partial charge in [0.05, 0.1) is 16.4 Å². The maximum absolute atomic E-state index is 13.6. The van der Waals surface area contributed by atoms with Crippen LogP contribution in [0.15, 0.2) is 36.4 Å². The van der Waals surface area contributed by atoms with Crippen molar-refractivity contribution in [3.8, 4) is 5.82 Å². The van der Waals surface area contributed by atoms with E-state index in [1.807, 2.05) is 19.9 Å². The van der Waals surface area contributed by atoms with Crippen molar-refractivity contribution in [3.63, 3.8) is 0 Å². The summed E-state index contributed by atoms with van der Waals surface area (Å²) in [4.78, 5) is 28.4. The molecule has 0 fully saturated rings. The van der Waals surface area contributed by atoms with E-state index in [1.165, 1.54) is 10.7 Å². The van der Waals surface area contributed by atoms with E-state index in [1.54, 1.807) is 6.07 Å². The summed E-state index contributed by atoms with van der Waals surface area (Å²) >= 11 is 6.03. The van der Waals surface area contributed by atoms with Gasteiger partial charge in [-0.15, -0.1) is 0 Å². The molecule has 0 spiro atoms. The largest absolute Gasteiger partial charge is 0.451 e. The normalized spacial score (nSPS) is 10.7. The number of hydrogen-bond donors (Lipinski definition) is 1. The van der Waals surface area contributed by atoms with Gasteiger partial charge in [-0.25, -0.2) is 23.2 Å². The number of hydrogen-bond acceptors (Lipinski definition) is 5. The molecule has 10 heteroatoms. The van der Waals surface area contributed by atoms with Gasteiger partial charge < -0.3 is 10.1 Å². The molecule has 2 aromatic heterocycles. The summed E-state index contributed by atoms with van der Waals surface area (Å²) in [5.74, 6) is -3.13. The monoisotopic (exact) mass is 420 g/mol. The first-order chi connectivity index (χ1) is 13.7. The average molecular weight is 421 g/mol. The van der Waals surface area contributed by atoms with E-state index in [2.05, 4.69) is 15.4 Å². The highest BCUT2D eigenvalue weighted by molar-refractivity contribution is 6.33. The first kappa shape index (κ1) is 20.4. The Labute approximate surface area is 169 Å². The number of pyridine rings is 1. The van der Waals surface area contributed by atoms with E-state index in [0.717, 1.165) is 23.5 Å². The Morgan fingerprint density at radius 3 is 2.59 bits per heavy atom. The van der Waals surface area contributed by atoms with Gasteiger partial charge in [0.25, 0.3) is 5.91 Å². The molecule has 2 heterocycles. The summed E-state index contributed by atoms with van der Waals surface area (Å²) in [6.45, 7) is 2.93. The molecule has 1 amide bonds. The lowest BCUT2D eigenvalue weighted by Crippen LogP contribution is -2.22. The van der Waals surface area contributed by atoms with Crippen molar-refractivity contribution in [1.82, 2.24) is 14.8 Å². The highest BCUT2D eigenvalue weighted by atomic mass is 35.5. The number of anilines is 1. The van der Waals surface area contributed by atoms with Crippen molar-refractivity contribution in [2.75, 3.05) is 11.9 Å². The molecule has 0 aliphatic heterocycles. The molecule has 0 atom stereocenters. The number of esters is 1. The molecule has 29 heavy (non-hydrogen) atoms. The Morgan fingerprint density at radius 1 is 1.17 bits per heavy atom. The van der Waals surface area contributed by atoms with Crippen LogP contribution in [0.3, 0.4) is 0 Å². The van der Waals surface area contributed by atoms with E-state index in [-0.39, 0.29) is 16.4 Å². The fourth-order valence-electron chi connectivity index (χ4n) is 2.53. The molecule has 0 saturated carbocycles.